The fourth-order valence-electron chi connectivity index (χ4n) is 1.54. The molecule has 1 aromatic rings. The van der Waals surface area contributed by atoms with E-state index < -0.39 is 10.0 Å². The summed E-state index contributed by atoms with van der Waals surface area (Å²) in [6.45, 7) is 4.50. The summed E-state index contributed by atoms with van der Waals surface area (Å²) in [6.07, 6.45) is 3.77. The van der Waals surface area contributed by atoms with E-state index in [9.17, 15) is 8.42 Å². The molecule has 5 heteroatoms. The predicted octanol–water partition coefficient (Wildman–Crippen LogP) is 2.72. The van der Waals surface area contributed by atoms with Crippen molar-refractivity contribution in [2.24, 2.45) is 0 Å². The van der Waals surface area contributed by atoms with Crippen molar-refractivity contribution >= 4 is 10.0 Å². The number of nitrogens with one attached hydrogen (secondary N) is 1. The quantitative estimate of drug-likeness (QED) is 0.618. The Morgan fingerprint density at radius 2 is 1.89 bits per heavy atom. The zero-order chi connectivity index (χ0) is 14.3. The molecule has 1 N–H and O–H groups in total. The van der Waals surface area contributed by atoms with Crippen LogP contribution in [0, 0.1) is 0 Å². The Labute approximate surface area is 115 Å². The van der Waals surface area contributed by atoms with E-state index in [1.165, 1.54) is 17.7 Å². The fraction of sp³-hybridized carbons (Fsp3) is 0.429. The van der Waals surface area contributed by atoms with Gasteiger partial charge >= 0.3 is 0 Å². The summed E-state index contributed by atoms with van der Waals surface area (Å²) in [7, 11) is -1.87. The van der Waals surface area contributed by atoms with Gasteiger partial charge < -0.3 is 4.74 Å². The summed E-state index contributed by atoms with van der Waals surface area (Å²) in [5, 5.41) is 0. The maximum absolute atomic E-state index is 12.0. The first-order valence-electron chi connectivity index (χ1n) is 6.23. The lowest BCUT2D eigenvalue weighted by Gasteiger charge is -2.07. The Morgan fingerprint density at radius 3 is 2.42 bits per heavy atom. The summed E-state index contributed by atoms with van der Waals surface area (Å²) in [4.78, 5) is 0.260. The van der Waals surface area contributed by atoms with E-state index in [4.69, 9.17) is 4.74 Å². The number of ether oxygens (including phenoxy) is 1. The standard InChI is InChI=1S/C14H21NO3S/c1-12(2)6-4-5-11-15-19(16,17)14-9-7-13(18-3)8-10-14/h6-10,15H,4-5,11H2,1-3H3. The summed E-state index contributed by atoms with van der Waals surface area (Å²) < 4.78 is 31.5. The highest BCUT2D eigenvalue weighted by Crippen LogP contribution is 2.15. The van der Waals surface area contributed by atoms with Crippen LogP contribution in [0.5, 0.6) is 5.75 Å². The maximum Gasteiger partial charge on any atom is 0.240 e. The summed E-state index contributed by atoms with van der Waals surface area (Å²) in [6, 6.07) is 6.35. The van der Waals surface area contributed by atoms with Crippen LogP contribution in [0.4, 0.5) is 0 Å². The molecule has 0 saturated carbocycles. The maximum atomic E-state index is 12.0. The van der Waals surface area contributed by atoms with Crippen LogP contribution in [0.3, 0.4) is 0 Å². The normalized spacial score (nSPS) is 11.1. The van der Waals surface area contributed by atoms with Gasteiger partial charge in [-0.25, -0.2) is 13.1 Å². The van der Waals surface area contributed by atoms with Crippen molar-refractivity contribution in [2.45, 2.75) is 31.6 Å². The first-order valence-corrected chi connectivity index (χ1v) is 7.71. The third-order valence-electron chi connectivity index (χ3n) is 2.60. The average Bonchev–Trinajstić information content (AvgIpc) is 2.38. The molecule has 0 bridgehead atoms. The van der Waals surface area contributed by atoms with Gasteiger partial charge in [0.15, 0.2) is 0 Å². The monoisotopic (exact) mass is 283 g/mol. The largest absolute Gasteiger partial charge is 0.497 e. The minimum atomic E-state index is -3.41. The van der Waals surface area contributed by atoms with Crippen molar-refractivity contribution in [3.63, 3.8) is 0 Å². The molecule has 0 spiro atoms. The van der Waals surface area contributed by atoms with Crippen molar-refractivity contribution in [3.05, 3.63) is 35.9 Å². The number of methoxy groups -OCH3 is 1. The van der Waals surface area contributed by atoms with Crippen LogP contribution in [-0.2, 0) is 10.0 Å². The number of benzene rings is 1. The number of unbranched alkanes of at least 4 members (excludes halogenated alkanes) is 1. The van der Waals surface area contributed by atoms with Gasteiger partial charge in [-0.3, -0.25) is 0 Å². The molecule has 0 atom stereocenters. The van der Waals surface area contributed by atoms with Crippen molar-refractivity contribution < 1.29 is 13.2 Å². The van der Waals surface area contributed by atoms with E-state index in [1.54, 1.807) is 19.2 Å². The third-order valence-corrected chi connectivity index (χ3v) is 4.07. The molecule has 0 aliphatic carbocycles. The molecule has 1 aromatic carbocycles. The van der Waals surface area contributed by atoms with Crippen LogP contribution in [0.2, 0.25) is 0 Å². The van der Waals surface area contributed by atoms with Gasteiger partial charge in [-0.2, -0.15) is 0 Å². The highest BCUT2D eigenvalue weighted by atomic mass is 32.2. The minimum Gasteiger partial charge on any atom is -0.497 e. The molecule has 0 aliphatic rings. The first-order chi connectivity index (χ1) is 8.95. The zero-order valence-electron chi connectivity index (χ0n) is 11.6. The van der Waals surface area contributed by atoms with Gasteiger partial charge in [-0.15, -0.1) is 0 Å². The van der Waals surface area contributed by atoms with Crippen molar-refractivity contribution in [1.82, 2.24) is 4.72 Å². The lowest BCUT2D eigenvalue weighted by molar-refractivity contribution is 0.414. The van der Waals surface area contributed by atoms with Crippen LogP contribution in [0.1, 0.15) is 26.7 Å². The van der Waals surface area contributed by atoms with E-state index in [2.05, 4.69) is 10.8 Å². The molecule has 0 heterocycles. The van der Waals surface area contributed by atoms with Gasteiger partial charge in [0, 0.05) is 6.54 Å². The van der Waals surface area contributed by atoms with E-state index in [0.29, 0.717) is 12.3 Å². The fourth-order valence-corrected chi connectivity index (χ4v) is 2.61. The Morgan fingerprint density at radius 1 is 1.26 bits per heavy atom. The second-order valence-corrected chi connectivity index (χ2v) is 6.26. The second kappa shape index (κ2) is 7.31. The molecule has 0 unspecified atom stereocenters. The Kier molecular flexibility index (Phi) is 6.05. The van der Waals surface area contributed by atoms with Crippen LogP contribution < -0.4 is 9.46 Å². The average molecular weight is 283 g/mol. The smallest absolute Gasteiger partial charge is 0.240 e. The van der Waals surface area contributed by atoms with Gasteiger partial charge in [0.2, 0.25) is 10.0 Å². The Bertz CT molecular complexity index is 514. The van der Waals surface area contributed by atoms with Gasteiger partial charge in [0.1, 0.15) is 5.75 Å². The first kappa shape index (κ1) is 15.7. The summed E-state index contributed by atoms with van der Waals surface area (Å²) in [5.41, 5.74) is 1.25. The number of hydrogen-bond acceptors (Lipinski definition) is 3. The highest BCUT2D eigenvalue weighted by Gasteiger charge is 2.12. The Hall–Kier alpha value is -1.33. The van der Waals surface area contributed by atoms with Crippen molar-refractivity contribution in [3.8, 4) is 5.75 Å². The summed E-state index contributed by atoms with van der Waals surface area (Å²) >= 11 is 0. The molecule has 1 rings (SSSR count). The van der Waals surface area contributed by atoms with Crippen LogP contribution >= 0.6 is 0 Å². The number of hydrogen-bond donors (Lipinski definition) is 1. The molecule has 0 aromatic heterocycles. The van der Waals surface area contributed by atoms with E-state index in [0.717, 1.165) is 12.8 Å². The van der Waals surface area contributed by atoms with Crippen LogP contribution in [-0.4, -0.2) is 22.1 Å². The van der Waals surface area contributed by atoms with Gasteiger partial charge in [-0.05, 0) is 51.0 Å². The third kappa shape index (κ3) is 5.44. The van der Waals surface area contributed by atoms with Crippen molar-refractivity contribution in [2.75, 3.05) is 13.7 Å². The van der Waals surface area contributed by atoms with Crippen LogP contribution in [0.15, 0.2) is 40.8 Å². The predicted molar refractivity (Wildman–Crippen MR) is 76.8 cm³/mol. The van der Waals surface area contributed by atoms with Crippen molar-refractivity contribution in [1.29, 1.82) is 0 Å². The lowest BCUT2D eigenvalue weighted by Crippen LogP contribution is -2.24. The van der Waals surface area contributed by atoms with E-state index >= 15 is 0 Å². The van der Waals surface area contributed by atoms with E-state index in [-0.39, 0.29) is 4.90 Å². The minimum absolute atomic E-state index is 0.260. The van der Waals surface area contributed by atoms with Gasteiger partial charge in [0.25, 0.3) is 0 Å². The number of allylic oxidation sites excluding steroid dienone is 2. The molecule has 0 fully saturated rings. The highest BCUT2D eigenvalue weighted by molar-refractivity contribution is 7.89. The molecular weight excluding hydrogens is 262 g/mol. The molecule has 19 heavy (non-hydrogen) atoms. The SMILES string of the molecule is COc1ccc(S(=O)(=O)NCCCC=C(C)C)cc1. The molecule has 0 saturated heterocycles. The molecular formula is C14H21NO3S. The molecule has 0 amide bonds. The number of sulfonamides is 1. The van der Waals surface area contributed by atoms with Gasteiger partial charge in [0.05, 0.1) is 12.0 Å². The topological polar surface area (TPSA) is 55.4 Å². The second-order valence-electron chi connectivity index (χ2n) is 4.50. The molecule has 106 valence electrons. The van der Waals surface area contributed by atoms with Gasteiger partial charge in [-0.1, -0.05) is 11.6 Å². The molecule has 4 nitrogen and oxygen atoms in total. The number of rotatable bonds is 7. The van der Waals surface area contributed by atoms with Crippen LogP contribution in [0.25, 0.3) is 0 Å². The Balaban J connectivity index is 2.53. The lowest BCUT2D eigenvalue weighted by atomic mass is 10.2. The summed E-state index contributed by atoms with van der Waals surface area (Å²) in [5.74, 6) is 0.641. The van der Waals surface area contributed by atoms with E-state index in [1.807, 2.05) is 13.8 Å². The molecule has 0 aliphatic heterocycles. The zero-order valence-corrected chi connectivity index (χ0v) is 12.5. The molecule has 0 radical (unpaired) electrons.